The number of ether oxygens (including phenoxy) is 2. The zero-order valence-corrected chi connectivity index (χ0v) is 15.9. The number of rotatable bonds is 4. The standard InChI is InChI=1S/C21H28N2O3/c1-4-15-11-20(9-8-18(15)25-3)12-16-7-6-14(13-22)10-17(16)21(20,23)19(24)26-5-2/h6-7,10,15,18H,4-5,8-9,11-12,23H2,1-3H3/t15-,18-,20-,21+/m0/s1. The first-order valence-electron chi connectivity index (χ1n) is 9.48. The number of hydrogen-bond acceptors (Lipinski definition) is 5. The van der Waals surface area contributed by atoms with E-state index in [4.69, 9.17) is 15.2 Å². The number of methoxy groups -OCH3 is 1. The highest BCUT2D eigenvalue weighted by molar-refractivity contribution is 5.86. The maximum Gasteiger partial charge on any atom is 0.331 e. The van der Waals surface area contributed by atoms with Crippen molar-refractivity contribution in [2.45, 2.75) is 57.6 Å². The molecule has 1 aromatic rings. The molecule has 0 amide bonds. The second-order valence-electron chi connectivity index (χ2n) is 7.65. The first-order chi connectivity index (χ1) is 12.5. The smallest absolute Gasteiger partial charge is 0.331 e. The minimum absolute atomic E-state index is 0.204. The number of nitriles is 1. The van der Waals surface area contributed by atoms with Gasteiger partial charge in [0.2, 0.25) is 0 Å². The van der Waals surface area contributed by atoms with E-state index < -0.39 is 5.54 Å². The highest BCUT2D eigenvalue weighted by atomic mass is 16.5. The summed E-state index contributed by atoms with van der Waals surface area (Å²) in [5.74, 6) is -0.0181. The molecule has 26 heavy (non-hydrogen) atoms. The number of benzene rings is 1. The van der Waals surface area contributed by atoms with Crippen molar-refractivity contribution < 1.29 is 14.3 Å². The Morgan fingerprint density at radius 1 is 1.42 bits per heavy atom. The summed E-state index contributed by atoms with van der Waals surface area (Å²) in [6.07, 6.45) is 4.46. The van der Waals surface area contributed by atoms with Gasteiger partial charge >= 0.3 is 5.97 Å². The number of carbonyl (C=O) groups excluding carboxylic acids is 1. The quantitative estimate of drug-likeness (QED) is 0.838. The molecule has 0 unspecified atom stereocenters. The normalized spacial score (nSPS) is 32.9. The van der Waals surface area contributed by atoms with Crippen LogP contribution in [0.4, 0.5) is 0 Å². The van der Waals surface area contributed by atoms with E-state index in [1.165, 1.54) is 0 Å². The van der Waals surface area contributed by atoms with Gasteiger partial charge in [-0.1, -0.05) is 19.4 Å². The molecule has 1 fully saturated rings. The minimum Gasteiger partial charge on any atom is -0.464 e. The Kier molecular flexibility index (Phi) is 5.09. The van der Waals surface area contributed by atoms with Gasteiger partial charge in [0.25, 0.3) is 0 Å². The van der Waals surface area contributed by atoms with Gasteiger partial charge in [0, 0.05) is 12.5 Å². The van der Waals surface area contributed by atoms with E-state index in [0.29, 0.717) is 18.1 Å². The first-order valence-corrected chi connectivity index (χ1v) is 9.48. The Labute approximate surface area is 155 Å². The van der Waals surface area contributed by atoms with E-state index in [1.807, 2.05) is 12.1 Å². The van der Waals surface area contributed by atoms with Crippen LogP contribution in [0.25, 0.3) is 0 Å². The number of nitrogens with zero attached hydrogens (tertiary/aromatic N) is 1. The third-order valence-corrected chi connectivity index (χ3v) is 6.54. The molecule has 0 radical (unpaired) electrons. The van der Waals surface area contributed by atoms with Crippen molar-refractivity contribution in [2.24, 2.45) is 17.1 Å². The topological polar surface area (TPSA) is 85.3 Å². The third kappa shape index (κ3) is 2.64. The lowest BCUT2D eigenvalue weighted by Crippen LogP contribution is -2.59. The van der Waals surface area contributed by atoms with Crippen molar-refractivity contribution in [3.63, 3.8) is 0 Å². The molecule has 0 aliphatic heterocycles. The molecule has 5 nitrogen and oxygen atoms in total. The Hall–Kier alpha value is -1.90. The lowest BCUT2D eigenvalue weighted by atomic mass is 9.58. The fourth-order valence-corrected chi connectivity index (χ4v) is 5.15. The molecule has 2 N–H and O–H groups in total. The highest BCUT2D eigenvalue weighted by Crippen LogP contribution is 2.58. The second kappa shape index (κ2) is 7.02. The summed E-state index contributed by atoms with van der Waals surface area (Å²) in [5, 5.41) is 9.31. The highest BCUT2D eigenvalue weighted by Gasteiger charge is 2.62. The summed E-state index contributed by atoms with van der Waals surface area (Å²) in [6, 6.07) is 7.71. The molecule has 3 rings (SSSR count). The molecule has 0 heterocycles. The predicted octanol–water partition coefficient (Wildman–Crippen LogP) is 3.04. The van der Waals surface area contributed by atoms with Gasteiger partial charge in [0.15, 0.2) is 0 Å². The van der Waals surface area contributed by atoms with Gasteiger partial charge in [-0.15, -0.1) is 0 Å². The van der Waals surface area contributed by atoms with E-state index >= 15 is 0 Å². The first kappa shape index (κ1) is 18.9. The van der Waals surface area contributed by atoms with Gasteiger partial charge in [-0.25, -0.2) is 4.79 Å². The summed E-state index contributed by atoms with van der Waals surface area (Å²) in [5.41, 5.74) is 7.67. The zero-order chi connectivity index (χ0) is 18.9. The molecule has 1 aromatic carbocycles. The lowest BCUT2D eigenvalue weighted by molar-refractivity contribution is -0.159. The van der Waals surface area contributed by atoms with Crippen LogP contribution < -0.4 is 5.73 Å². The third-order valence-electron chi connectivity index (χ3n) is 6.54. The molecule has 5 heteroatoms. The average molecular weight is 356 g/mol. The van der Waals surface area contributed by atoms with Crippen LogP contribution in [-0.2, 0) is 26.2 Å². The van der Waals surface area contributed by atoms with Crippen LogP contribution in [0, 0.1) is 22.7 Å². The summed E-state index contributed by atoms with van der Waals surface area (Å²) in [6.45, 7) is 4.25. The maximum absolute atomic E-state index is 13.1. The molecular weight excluding hydrogens is 328 g/mol. The van der Waals surface area contributed by atoms with Crippen molar-refractivity contribution in [2.75, 3.05) is 13.7 Å². The van der Waals surface area contributed by atoms with Crippen molar-refractivity contribution >= 4 is 5.97 Å². The van der Waals surface area contributed by atoms with Crippen LogP contribution in [0.2, 0.25) is 0 Å². The Bertz CT molecular complexity index is 741. The fourth-order valence-electron chi connectivity index (χ4n) is 5.15. The monoisotopic (exact) mass is 356 g/mol. The maximum atomic E-state index is 13.1. The predicted molar refractivity (Wildman–Crippen MR) is 98.2 cm³/mol. The van der Waals surface area contributed by atoms with Crippen molar-refractivity contribution in [3.05, 3.63) is 34.9 Å². The summed E-state index contributed by atoms with van der Waals surface area (Å²) >= 11 is 0. The second-order valence-corrected chi connectivity index (χ2v) is 7.65. The molecule has 4 atom stereocenters. The molecular formula is C21H28N2O3. The van der Waals surface area contributed by atoms with Gasteiger partial charge in [0.1, 0.15) is 5.54 Å². The van der Waals surface area contributed by atoms with E-state index in [-0.39, 0.29) is 17.5 Å². The number of fused-ring (bicyclic) bond motifs is 1. The molecule has 140 valence electrons. The van der Waals surface area contributed by atoms with Gasteiger partial charge in [-0.2, -0.15) is 5.26 Å². The fraction of sp³-hybridized carbons (Fsp3) is 0.619. The number of hydrogen-bond donors (Lipinski definition) is 1. The van der Waals surface area contributed by atoms with Gasteiger partial charge in [-0.05, 0) is 61.8 Å². The van der Waals surface area contributed by atoms with Gasteiger partial charge in [-0.3, -0.25) is 0 Å². The SMILES string of the molecule is CCOC(=O)[C@]1(N)c2cc(C#N)ccc2C[C@@]12CC[C@H](OC)[C@@H](CC)C2. The Morgan fingerprint density at radius 2 is 2.19 bits per heavy atom. The number of nitrogens with two attached hydrogens (primary N) is 1. The summed E-state index contributed by atoms with van der Waals surface area (Å²) in [4.78, 5) is 13.1. The van der Waals surface area contributed by atoms with E-state index in [2.05, 4.69) is 13.0 Å². The molecule has 0 bridgehead atoms. The van der Waals surface area contributed by atoms with Crippen LogP contribution >= 0.6 is 0 Å². The molecule has 1 spiro atoms. The summed E-state index contributed by atoms with van der Waals surface area (Å²) < 4.78 is 11.1. The van der Waals surface area contributed by atoms with Gasteiger partial charge < -0.3 is 15.2 Å². The van der Waals surface area contributed by atoms with Crippen molar-refractivity contribution in [3.8, 4) is 6.07 Å². The van der Waals surface area contributed by atoms with Gasteiger partial charge in [0.05, 0.1) is 24.3 Å². The van der Waals surface area contributed by atoms with E-state index in [1.54, 1.807) is 20.1 Å². The Morgan fingerprint density at radius 3 is 2.81 bits per heavy atom. The molecule has 2 aliphatic carbocycles. The Balaban J connectivity index is 2.11. The molecule has 2 aliphatic rings. The van der Waals surface area contributed by atoms with Crippen LogP contribution in [0.3, 0.4) is 0 Å². The largest absolute Gasteiger partial charge is 0.464 e. The molecule has 0 aromatic heterocycles. The molecule has 1 saturated carbocycles. The summed E-state index contributed by atoms with van der Waals surface area (Å²) in [7, 11) is 1.76. The number of esters is 1. The zero-order valence-electron chi connectivity index (χ0n) is 15.9. The van der Waals surface area contributed by atoms with Crippen molar-refractivity contribution in [1.82, 2.24) is 0 Å². The van der Waals surface area contributed by atoms with Crippen LogP contribution in [0.15, 0.2) is 18.2 Å². The lowest BCUT2D eigenvalue weighted by Gasteiger charge is -2.49. The van der Waals surface area contributed by atoms with E-state index in [0.717, 1.165) is 43.2 Å². The van der Waals surface area contributed by atoms with Crippen LogP contribution in [-0.4, -0.2) is 25.8 Å². The number of carbonyl (C=O) groups is 1. The minimum atomic E-state index is -1.21. The van der Waals surface area contributed by atoms with E-state index in [9.17, 15) is 10.1 Å². The molecule has 0 saturated heterocycles. The van der Waals surface area contributed by atoms with Crippen LogP contribution in [0.5, 0.6) is 0 Å². The van der Waals surface area contributed by atoms with Crippen molar-refractivity contribution in [1.29, 1.82) is 5.26 Å². The average Bonchev–Trinajstić information content (AvgIpc) is 2.90. The van der Waals surface area contributed by atoms with Crippen LogP contribution in [0.1, 0.15) is 56.2 Å².